The smallest absolute Gasteiger partial charge is 0.357 e. The molecular formula is C21H21F3N6O2. The number of carbonyl (C=O) groups excluding carboxylic acids is 2. The zero-order chi connectivity index (χ0) is 23.0. The van der Waals surface area contributed by atoms with Gasteiger partial charge in [0.15, 0.2) is 0 Å². The molecule has 2 amide bonds. The predicted octanol–water partition coefficient (Wildman–Crippen LogP) is 2.25. The van der Waals surface area contributed by atoms with Crippen LogP contribution < -0.4 is 10.2 Å². The Bertz CT molecular complexity index is 1090. The standard InChI is InChI=1S/C21H21F3N6O2/c1-26-19(31)18-11-29(20(32)17-9-16(27-28-17)12-2-3-12)6-7-30(18)14-5-4-13(10-25)15(8-14)21(22,23)24/h4-5,8-9,12,18H,2-3,6-7,11H2,1H3,(H,26,31)(H,27,28). The molecule has 1 saturated carbocycles. The van der Waals surface area contributed by atoms with Crippen molar-refractivity contribution in [3.05, 3.63) is 46.8 Å². The molecule has 1 aliphatic heterocycles. The SMILES string of the molecule is CNC(=O)C1CN(C(=O)c2cc(C3CC3)[nH]n2)CCN1c1ccc(C#N)c(C(F)(F)F)c1. The van der Waals surface area contributed by atoms with Gasteiger partial charge in [-0.1, -0.05) is 0 Å². The fourth-order valence-corrected chi connectivity index (χ4v) is 3.92. The Morgan fingerprint density at radius 2 is 2.00 bits per heavy atom. The van der Waals surface area contributed by atoms with E-state index in [1.807, 2.05) is 0 Å². The molecule has 2 aromatic rings. The monoisotopic (exact) mass is 446 g/mol. The first-order valence-corrected chi connectivity index (χ1v) is 10.2. The van der Waals surface area contributed by atoms with Crippen molar-refractivity contribution in [2.75, 3.05) is 31.6 Å². The molecule has 2 N–H and O–H groups in total. The number of benzene rings is 1. The van der Waals surface area contributed by atoms with E-state index in [1.54, 1.807) is 12.1 Å². The highest BCUT2D eigenvalue weighted by Crippen LogP contribution is 2.39. The Labute approximate surface area is 182 Å². The average molecular weight is 446 g/mol. The lowest BCUT2D eigenvalue weighted by molar-refractivity contribution is -0.137. The first-order valence-electron chi connectivity index (χ1n) is 10.2. The minimum Gasteiger partial charge on any atom is -0.357 e. The third-order valence-corrected chi connectivity index (χ3v) is 5.81. The number of nitrogens with one attached hydrogen (secondary N) is 2. The van der Waals surface area contributed by atoms with Gasteiger partial charge in [-0.25, -0.2) is 0 Å². The fraction of sp³-hybridized carbons (Fsp3) is 0.429. The number of carbonyl (C=O) groups is 2. The number of likely N-dealkylation sites (N-methyl/N-ethyl adjacent to an activating group) is 1. The Morgan fingerprint density at radius 3 is 2.62 bits per heavy atom. The molecule has 1 saturated heterocycles. The van der Waals surface area contributed by atoms with Crippen molar-refractivity contribution in [1.29, 1.82) is 5.26 Å². The maximum absolute atomic E-state index is 13.4. The number of amides is 2. The summed E-state index contributed by atoms with van der Waals surface area (Å²) in [5.74, 6) is -0.364. The Balaban J connectivity index is 1.59. The van der Waals surface area contributed by atoms with Crippen LogP contribution in [0.3, 0.4) is 0 Å². The summed E-state index contributed by atoms with van der Waals surface area (Å²) in [5, 5.41) is 18.5. The van der Waals surface area contributed by atoms with Gasteiger partial charge in [-0.3, -0.25) is 14.7 Å². The fourth-order valence-electron chi connectivity index (χ4n) is 3.92. The highest BCUT2D eigenvalue weighted by molar-refractivity contribution is 5.94. The van der Waals surface area contributed by atoms with Gasteiger partial charge in [0.2, 0.25) is 5.91 Å². The van der Waals surface area contributed by atoms with E-state index in [2.05, 4.69) is 15.5 Å². The molecule has 4 rings (SSSR count). The van der Waals surface area contributed by atoms with E-state index in [0.717, 1.165) is 30.7 Å². The summed E-state index contributed by atoms with van der Waals surface area (Å²) in [7, 11) is 1.43. The van der Waals surface area contributed by atoms with Crippen LogP contribution in [-0.2, 0) is 11.0 Å². The van der Waals surface area contributed by atoms with E-state index in [-0.39, 0.29) is 36.9 Å². The van der Waals surface area contributed by atoms with Gasteiger partial charge in [0.1, 0.15) is 11.7 Å². The van der Waals surface area contributed by atoms with Crippen LogP contribution in [0.5, 0.6) is 0 Å². The van der Waals surface area contributed by atoms with Gasteiger partial charge in [0.25, 0.3) is 5.91 Å². The van der Waals surface area contributed by atoms with Crippen LogP contribution in [0.4, 0.5) is 18.9 Å². The molecule has 2 aliphatic rings. The second kappa shape index (κ2) is 8.18. The number of halogens is 3. The normalized spacial score (nSPS) is 18.9. The first-order chi connectivity index (χ1) is 15.2. The summed E-state index contributed by atoms with van der Waals surface area (Å²) >= 11 is 0. The molecular weight excluding hydrogens is 425 g/mol. The van der Waals surface area contributed by atoms with Gasteiger partial charge in [-0.2, -0.15) is 23.5 Å². The summed E-state index contributed by atoms with van der Waals surface area (Å²) in [5.41, 5.74) is -0.221. The third kappa shape index (κ3) is 4.12. The molecule has 8 nitrogen and oxygen atoms in total. The lowest BCUT2D eigenvalue weighted by Crippen LogP contribution is -2.60. The first kappa shape index (κ1) is 21.7. The summed E-state index contributed by atoms with van der Waals surface area (Å²) in [4.78, 5) is 28.5. The molecule has 168 valence electrons. The zero-order valence-corrected chi connectivity index (χ0v) is 17.2. The van der Waals surface area contributed by atoms with Crippen molar-refractivity contribution >= 4 is 17.5 Å². The number of anilines is 1. The number of piperazine rings is 1. The van der Waals surface area contributed by atoms with Crippen LogP contribution in [0, 0.1) is 11.3 Å². The van der Waals surface area contributed by atoms with Crippen LogP contribution in [0.25, 0.3) is 0 Å². The number of rotatable bonds is 4. The maximum Gasteiger partial charge on any atom is 0.417 e. The van der Waals surface area contributed by atoms with Crippen LogP contribution in [-0.4, -0.2) is 59.6 Å². The molecule has 0 spiro atoms. The highest BCUT2D eigenvalue weighted by atomic mass is 19.4. The van der Waals surface area contributed by atoms with Crippen LogP contribution in [0.1, 0.15) is 46.1 Å². The van der Waals surface area contributed by atoms with Gasteiger partial charge < -0.3 is 15.1 Å². The molecule has 1 unspecified atom stereocenters. The largest absolute Gasteiger partial charge is 0.417 e. The van der Waals surface area contributed by atoms with E-state index in [1.165, 1.54) is 22.9 Å². The number of hydrogen-bond donors (Lipinski definition) is 2. The van der Waals surface area contributed by atoms with Crippen LogP contribution in [0.2, 0.25) is 0 Å². The van der Waals surface area contributed by atoms with E-state index in [0.29, 0.717) is 5.92 Å². The number of alkyl halides is 3. The zero-order valence-electron chi connectivity index (χ0n) is 17.2. The average Bonchev–Trinajstić information content (AvgIpc) is 3.53. The Morgan fingerprint density at radius 1 is 1.25 bits per heavy atom. The molecule has 1 aromatic carbocycles. The predicted molar refractivity (Wildman–Crippen MR) is 108 cm³/mol. The number of hydrogen-bond acceptors (Lipinski definition) is 5. The van der Waals surface area contributed by atoms with Gasteiger partial charge in [0.05, 0.1) is 23.7 Å². The topological polar surface area (TPSA) is 105 Å². The van der Waals surface area contributed by atoms with Crippen molar-refractivity contribution in [2.45, 2.75) is 31.0 Å². The number of H-pyrrole nitrogens is 1. The van der Waals surface area contributed by atoms with E-state index < -0.39 is 29.3 Å². The van der Waals surface area contributed by atoms with Crippen molar-refractivity contribution in [2.24, 2.45) is 0 Å². The molecule has 2 heterocycles. The molecule has 1 atom stereocenters. The summed E-state index contributed by atoms with van der Waals surface area (Å²) in [6, 6.07) is 5.74. The maximum atomic E-state index is 13.4. The van der Waals surface area contributed by atoms with Crippen molar-refractivity contribution in [3.8, 4) is 6.07 Å². The second-order valence-corrected chi connectivity index (χ2v) is 7.90. The van der Waals surface area contributed by atoms with E-state index in [9.17, 15) is 22.8 Å². The van der Waals surface area contributed by atoms with Crippen molar-refractivity contribution in [3.63, 3.8) is 0 Å². The lowest BCUT2D eigenvalue weighted by atomic mass is 10.0. The molecule has 11 heteroatoms. The summed E-state index contributed by atoms with van der Waals surface area (Å²) < 4.78 is 40.2. The van der Waals surface area contributed by atoms with Gasteiger partial charge in [-0.15, -0.1) is 0 Å². The van der Waals surface area contributed by atoms with Crippen LogP contribution in [0.15, 0.2) is 24.3 Å². The third-order valence-electron chi connectivity index (χ3n) is 5.81. The number of aromatic nitrogens is 2. The Kier molecular flexibility index (Phi) is 5.54. The highest BCUT2D eigenvalue weighted by Gasteiger charge is 2.38. The van der Waals surface area contributed by atoms with Crippen molar-refractivity contribution in [1.82, 2.24) is 20.4 Å². The summed E-state index contributed by atoms with van der Waals surface area (Å²) in [6.07, 6.45) is -2.60. The molecule has 0 radical (unpaired) electrons. The molecule has 2 fully saturated rings. The van der Waals surface area contributed by atoms with Crippen molar-refractivity contribution < 1.29 is 22.8 Å². The van der Waals surface area contributed by atoms with E-state index >= 15 is 0 Å². The lowest BCUT2D eigenvalue weighted by Gasteiger charge is -2.41. The summed E-state index contributed by atoms with van der Waals surface area (Å²) in [6.45, 7) is 0.345. The quantitative estimate of drug-likeness (QED) is 0.750. The molecule has 1 aromatic heterocycles. The minimum atomic E-state index is -4.71. The number of aromatic amines is 1. The molecule has 32 heavy (non-hydrogen) atoms. The second-order valence-electron chi connectivity index (χ2n) is 7.90. The van der Waals surface area contributed by atoms with Gasteiger partial charge in [-0.05, 0) is 37.1 Å². The van der Waals surface area contributed by atoms with E-state index in [4.69, 9.17) is 5.26 Å². The molecule has 1 aliphatic carbocycles. The number of nitriles is 1. The Hall–Kier alpha value is -3.55. The minimum absolute atomic E-state index is 0.00845. The van der Waals surface area contributed by atoms with Crippen LogP contribution >= 0.6 is 0 Å². The van der Waals surface area contributed by atoms with Gasteiger partial charge >= 0.3 is 6.18 Å². The molecule has 0 bridgehead atoms. The number of nitrogens with zero attached hydrogens (tertiary/aromatic N) is 4. The van der Waals surface area contributed by atoms with Gasteiger partial charge in [0, 0.05) is 37.4 Å².